The van der Waals surface area contributed by atoms with Crippen molar-refractivity contribution in [1.29, 1.82) is 10.5 Å². The summed E-state index contributed by atoms with van der Waals surface area (Å²) in [5.74, 6) is 1.46. The van der Waals surface area contributed by atoms with E-state index in [1.54, 1.807) is 11.3 Å². The zero-order valence-electron chi connectivity index (χ0n) is 22.3. The smallest absolute Gasteiger partial charge is 0.145 e. The molecule has 0 bridgehead atoms. The summed E-state index contributed by atoms with van der Waals surface area (Å²) in [4.78, 5) is 12.1. The lowest BCUT2D eigenvalue weighted by Gasteiger charge is -2.26. The number of halogens is 1. The molecular formula is C30H33ClN6S2. The third-order valence-corrected chi connectivity index (χ3v) is 10.1. The Morgan fingerprint density at radius 1 is 1.05 bits per heavy atom. The van der Waals surface area contributed by atoms with E-state index in [0.717, 1.165) is 67.0 Å². The first-order chi connectivity index (χ1) is 19.1. The summed E-state index contributed by atoms with van der Waals surface area (Å²) in [7, 11) is 2.19. The molecule has 2 fully saturated rings. The van der Waals surface area contributed by atoms with Gasteiger partial charge in [0.2, 0.25) is 0 Å². The largest absolute Gasteiger partial charge is 0.369 e. The minimum absolute atomic E-state index is 0.225. The van der Waals surface area contributed by atoms with E-state index >= 15 is 0 Å². The number of likely N-dealkylation sites (tertiary alicyclic amines) is 1. The molecule has 3 heterocycles. The maximum Gasteiger partial charge on any atom is 0.145 e. The Hall–Kier alpha value is -2.62. The summed E-state index contributed by atoms with van der Waals surface area (Å²) >= 11 is 9.18. The molecule has 202 valence electrons. The molecule has 1 aliphatic carbocycles. The van der Waals surface area contributed by atoms with Crippen LogP contribution >= 0.6 is 34.7 Å². The summed E-state index contributed by atoms with van der Waals surface area (Å²) in [5, 5.41) is 28.5. The van der Waals surface area contributed by atoms with Crippen molar-refractivity contribution in [3.05, 3.63) is 57.1 Å². The number of rotatable bonds is 9. The molecule has 39 heavy (non-hydrogen) atoms. The van der Waals surface area contributed by atoms with Crippen LogP contribution in [0, 0.1) is 22.7 Å². The van der Waals surface area contributed by atoms with Crippen LogP contribution in [0.2, 0.25) is 5.02 Å². The van der Waals surface area contributed by atoms with Crippen molar-refractivity contribution in [3.8, 4) is 22.7 Å². The quantitative estimate of drug-likeness (QED) is 0.259. The van der Waals surface area contributed by atoms with Gasteiger partial charge in [-0.2, -0.15) is 10.5 Å². The van der Waals surface area contributed by atoms with E-state index in [-0.39, 0.29) is 5.92 Å². The number of nitrogens with one attached hydrogen (secondary N) is 1. The standard InChI is InChI=1S/C30H33ClN6S2/c1-37-15-5-8-24(37)13-14-34-28-25(16-32)27(20-6-3-2-4-7-20)26(17-33)30(36-28)39-19-23-18-38-29(35-23)21-9-11-22(31)12-10-21/h9-12,18,20,24H,2-8,13-15,19H2,1H3,(H,34,36). The number of hydrogen-bond acceptors (Lipinski definition) is 8. The van der Waals surface area contributed by atoms with Crippen molar-refractivity contribution in [2.24, 2.45) is 0 Å². The highest BCUT2D eigenvalue weighted by molar-refractivity contribution is 7.98. The summed E-state index contributed by atoms with van der Waals surface area (Å²) in [6.07, 6.45) is 8.97. The molecule has 6 nitrogen and oxygen atoms in total. The highest BCUT2D eigenvalue weighted by Crippen LogP contribution is 2.41. The lowest BCUT2D eigenvalue weighted by Crippen LogP contribution is -2.27. The van der Waals surface area contributed by atoms with Crippen molar-refractivity contribution in [3.63, 3.8) is 0 Å². The van der Waals surface area contributed by atoms with Gasteiger partial charge in [-0.25, -0.2) is 9.97 Å². The van der Waals surface area contributed by atoms with Crippen LogP contribution in [-0.4, -0.2) is 41.0 Å². The molecule has 0 amide bonds. The number of thiazole rings is 1. The predicted molar refractivity (Wildman–Crippen MR) is 160 cm³/mol. The third kappa shape index (κ3) is 6.58. The Kier molecular flexibility index (Phi) is 9.42. The van der Waals surface area contributed by atoms with Gasteiger partial charge in [0.05, 0.1) is 16.8 Å². The van der Waals surface area contributed by atoms with Gasteiger partial charge in [-0.3, -0.25) is 0 Å². The fourth-order valence-electron chi connectivity index (χ4n) is 5.78. The summed E-state index contributed by atoms with van der Waals surface area (Å²) in [6.45, 7) is 1.90. The fraction of sp³-hybridized carbons (Fsp3) is 0.467. The Labute approximate surface area is 244 Å². The van der Waals surface area contributed by atoms with Crippen molar-refractivity contribution >= 4 is 40.5 Å². The molecule has 9 heteroatoms. The molecule has 3 aromatic rings. The van der Waals surface area contributed by atoms with E-state index in [4.69, 9.17) is 21.6 Å². The molecule has 1 aromatic carbocycles. The van der Waals surface area contributed by atoms with E-state index in [1.165, 1.54) is 31.0 Å². The summed E-state index contributed by atoms with van der Waals surface area (Å²) in [6, 6.07) is 13.1. The van der Waals surface area contributed by atoms with Crippen LogP contribution in [0.4, 0.5) is 5.82 Å². The van der Waals surface area contributed by atoms with Crippen molar-refractivity contribution in [2.45, 2.75) is 74.1 Å². The van der Waals surface area contributed by atoms with E-state index in [1.807, 2.05) is 24.3 Å². The number of hydrogen-bond donors (Lipinski definition) is 1. The van der Waals surface area contributed by atoms with Gasteiger partial charge in [0, 0.05) is 34.3 Å². The van der Waals surface area contributed by atoms with Crippen LogP contribution in [-0.2, 0) is 5.75 Å². The first kappa shape index (κ1) is 27.9. The van der Waals surface area contributed by atoms with Gasteiger partial charge in [-0.05, 0) is 69.3 Å². The number of nitrogens with zero attached hydrogens (tertiary/aromatic N) is 5. The average Bonchev–Trinajstić information content (AvgIpc) is 3.61. The van der Waals surface area contributed by atoms with E-state index in [9.17, 15) is 10.5 Å². The topological polar surface area (TPSA) is 88.6 Å². The van der Waals surface area contributed by atoms with Gasteiger partial charge in [-0.1, -0.05) is 54.8 Å². The molecule has 0 spiro atoms. The lowest BCUT2D eigenvalue weighted by molar-refractivity contribution is 0.301. The molecule has 1 saturated carbocycles. The molecule has 1 atom stereocenters. The monoisotopic (exact) mass is 576 g/mol. The minimum Gasteiger partial charge on any atom is -0.369 e. The van der Waals surface area contributed by atoms with Crippen LogP contribution in [0.25, 0.3) is 10.6 Å². The number of benzene rings is 1. The van der Waals surface area contributed by atoms with Gasteiger partial charge >= 0.3 is 0 Å². The van der Waals surface area contributed by atoms with Gasteiger partial charge in [0.15, 0.2) is 0 Å². The maximum atomic E-state index is 10.3. The molecular weight excluding hydrogens is 544 g/mol. The van der Waals surface area contributed by atoms with Gasteiger partial charge in [0.1, 0.15) is 28.0 Å². The zero-order valence-corrected chi connectivity index (χ0v) is 24.6. The highest BCUT2D eigenvalue weighted by atomic mass is 35.5. The Morgan fingerprint density at radius 3 is 2.51 bits per heavy atom. The lowest BCUT2D eigenvalue weighted by atomic mass is 9.80. The molecule has 1 N–H and O–H groups in total. The number of pyridine rings is 1. The van der Waals surface area contributed by atoms with Crippen LogP contribution in [0.5, 0.6) is 0 Å². The maximum absolute atomic E-state index is 10.3. The second-order valence-corrected chi connectivity index (χ2v) is 12.7. The molecule has 1 saturated heterocycles. The third-order valence-electron chi connectivity index (χ3n) is 7.88. The van der Waals surface area contributed by atoms with Crippen LogP contribution in [0.15, 0.2) is 34.7 Å². The minimum atomic E-state index is 0.225. The first-order valence-electron chi connectivity index (χ1n) is 13.7. The Balaban J connectivity index is 1.41. The SMILES string of the molecule is CN1CCCC1CCNc1nc(SCc2csc(-c3ccc(Cl)cc3)n2)c(C#N)c(C2CCCCC2)c1C#N. The van der Waals surface area contributed by atoms with Crippen LogP contribution in [0.1, 0.15) is 79.7 Å². The predicted octanol–water partition coefficient (Wildman–Crippen LogP) is 7.84. The van der Waals surface area contributed by atoms with Gasteiger partial charge in [0.25, 0.3) is 0 Å². The zero-order chi connectivity index (χ0) is 27.2. The van der Waals surface area contributed by atoms with Crippen molar-refractivity contribution in [2.75, 3.05) is 25.5 Å². The fourth-order valence-corrected chi connectivity index (χ4v) is 7.72. The van der Waals surface area contributed by atoms with Crippen molar-refractivity contribution in [1.82, 2.24) is 14.9 Å². The second kappa shape index (κ2) is 13.2. The molecule has 2 aromatic heterocycles. The number of nitriles is 2. The van der Waals surface area contributed by atoms with E-state index < -0.39 is 0 Å². The number of anilines is 1. The molecule has 0 radical (unpaired) electrons. The molecule has 1 aliphatic heterocycles. The first-order valence-corrected chi connectivity index (χ1v) is 16.0. The number of thioether (sulfide) groups is 1. The second-order valence-electron chi connectivity index (χ2n) is 10.4. The molecule has 1 unspecified atom stereocenters. The van der Waals surface area contributed by atoms with Gasteiger partial charge in [-0.15, -0.1) is 11.3 Å². The Morgan fingerprint density at radius 2 is 1.82 bits per heavy atom. The Bertz CT molecular complexity index is 1370. The summed E-state index contributed by atoms with van der Waals surface area (Å²) < 4.78 is 0. The molecule has 5 rings (SSSR count). The van der Waals surface area contributed by atoms with E-state index in [0.29, 0.717) is 38.8 Å². The normalized spacial score (nSPS) is 18.1. The summed E-state index contributed by atoms with van der Waals surface area (Å²) in [5.41, 5.74) is 4.01. The molecule has 2 aliphatic rings. The number of aromatic nitrogens is 2. The highest BCUT2D eigenvalue weighted by Gasteiger charge is 2.28. The van der Waals surface area contributed by atoms with E-state index in [2.05, 4.69) is 34.8 Å². The van der Waals surface area contributed by atoms with Crippen LogP contribution in [0.3, 0.4) is 0 Å². The van der Waals surface area contributed by atoms with Crippen LogP contribution < -0.4 is 5.32 Å². The van der Waals surface area contributed by atoms with Gasteiger partial charge < -0.3 is 10.2 Å². The van der Waals surface area contributed by atoms with Crippen molar-refractivity contribution < 1.29 is 0 Å². The average molecular weight is 577 g/mol.